The Kier molecular flexibility index (Phi) is 3.76. The maximum absolute atomic E-state index is 12.3. The molecule has 3 heterocycles. The first-order valence-corrected chi connectivity index (χ1v) is 7.41. The first-order valence-electron chi connectivity index (χ1n) is 6.53. The third kappa shape index (κ3) is 2.57. The second-order valence-electron chi connectivity index (χ2n) is 4.69. The van der Waals surface area contributed by atoms with Crippen LogP contribution in [0.2, 0.25) is 0 Å². The molecule has 0 saturated heterocycles. The molecule has 0 aromatic carbocycles. The number of hydrogen-bond donors (Lipinski definition) is 1. The zero-order valence-electron chi connectivity index (χ0n) is 11.8. The lowest BCUT2D eigenvalue weighted by Gasteiger charge is -2.14. The van der Waals surface area contributed by atoms with E-state index in [2.05, 4.69) is 10.4 Å². The van der Waals surface area contributed by atoms with E-state index in [4.69, 9.17) is 4.74 Å². The zero-order chi connectivity index (χ0) is 14.8. The Balaban J connectivity index is 1.73. The fraction of sp³-hybridized carbons (Fsp3) is 0.286. The quantitative estimate of drug-likeness (QED) is 0.782. The van der Waals surface area contributed by atoms with E-state index in [-0.39, 0.29) is 12.0 Å². The summed E-state index contributed by atoms with van der Waals surface area (Å²) in [5.74, 6) is -0.148. The molecule has 0 aliphatic rings. The summed E-state index contributed by atoms with van der Waals surface area (Å²) in [6, 6.07) is 3.97. The van der Waals surface area contributed by atoms with Crippen LogP contribution in [0.5, 0.6) is 0 Å². The van der Waals surface area contributed by atoms with Crippen molar-refractivity contribution in [3.8, 4) is 0 Å². The Labute approximate surface area is 126 Å². The van der Waals surface area contributed by atoms with Gasteiger partial charge in [0.25, 0.3) is 5.91 Å². The molecule has 0 fully saturated rings. The van der Waals surface area contributed by atoms with Crippen molar-refractivity contribution in [2.45, 2.75) is 6.10 Å². The van der Waals surface area contributed by atoms with Gasteiger partial charge in [-0.3, -0.25) is 4.79 Å². The summed E-state index contributed by atoms with van der Waals surface area (Å²) in [5, 5.41) is 9.07. The summed E-state index contributed by atoms with van der Waals surface area (Å²) in [4.78, 5) is 13.4. The molecule has 1 N–H and O–H groups in total. The molecular weight excluding hydrogens is 288 g/mol. The Morgan fingerprint density at radius 1 is 1.52 bits per heavy atom. The van der Waals surface area contributed by atoms with Crippen molar-refractivity contribution in [3.05, 3.63) is 46.5 Å². The summed E-state index contributed by atoms with van der Waals surface area (Å²) in [5.41, 5.74) is 1.33. The molecule has 6 nitrogen and oxygen atoms in total. The van der Waals surface area contributed by atoms with Crippen molar-refractivity contribution in [2.24, 2.45) is 7.05 Å². The van der Waals surface area contributed by atoms with Crippen molar-refractivity contribution in [1.82, 2.24) is 19.5 Å². The molecule has 7 heteroatoms. The van der Waals surface area contributed by atoms with Crippen molar-refractivity contribution in [3.63, 3.8) is 0 Å². The number of amides is 1. The van der Waals surface area contributed by atoms with Crippen LogP contribution in [0.25, 0.3) is 5.65 Å². The van der Waals surface area contributed by atoms with Crippen molar-refractivity contribution in [2.75, 3.05) is 13.7 Å². The molecule has 3 aromatic heterocycles. The van der Waals surface area contributed by atoms with E-state index in [0.717, 1.165) is 10.5 Å². The number of methoxy groups -OCH3 is 1. The molecule has 1 amide bonds. The summed E-state index contributed by atoms with van der Waals surface area (Å²) in [6.45, 7) is 0.428. The number of carbonyl (C=O) groups is 1. The number of rotatable bonds is 5. The Morgan fingerprint density at radius 2 is 2.38 bits per heavy atom. The lowest BCUT2D eigenvalue weighted by Crippen LogP contribution is -2.29. The molecule has 0 spiro atoms. The summed E-state index contributed by atoms with van der Waals surface area (Å²) >= 11 is 1.61. The van der Waals surface area contributed by atoms with Gasteiger partial charge in [-0.05, 0) is 11.4 Å². The van der Waals surface area contributed by atoms with Gasteiger partial charge in [0.05, 0.1) is 6.20 Å². The smallest absolute Gasteiger partial charge is 0.256 e. The highest BCUT2D eigenvalue weighted by molar-refractivity contribution is 7.10. The van der Waals surface area contributed by atoms with Crippen LogP contribution in [-0.2, 0) is 11.8 Å². The fourth-order valence-electron chi connectivity index (χ4n) is 2.27. The van der Waals surface area contributed by atoms with Crippen LogP contribution in [0.1, 0.15) is 21.3 Å². The second-order valence-corrected chi connectivity index (χ2v) is 5.66. The Hall–Kier alpha value is -2.12. The van der Waals surface area contributed by atoms with Crippen LogP contribution < -0.4 is 5.32 Å². The van der Waals surface area contributed by atoms with Gasteiger partial charge in [-0.15, -0.1) is 11.3 Å². The SMILES string of the molecule is COC(CNC(=O)c1cnn2ccn(C)c12)c1cccs1. The normalized spacial score (nSPS) is 12.7. The highest BCUT2D eigenvalue weighted by Crippen LogP contribution is 2.21. The van der Waals surface area contributed by atoms with Gasteiger partial charge >= 0.3 is 0 Å². The predicted octanol–water partition coefficient (Wildman–Crippen LogP) is 1.85. The fourth-order valence-corrected chi connectivity index (χ4v) is 3.07. The predicted molar refractivity (Wildman–Crippen MR) is 80.6 cm³/mol. The molecule has 1 unspecified atom stereocenters. The largest absolute Gasteiger partial charge is 0.374 e. The number of hydrogen-bond acceptors (Lipinski definition) is 4. The molecule has 110 valence electrons. The number of imidazole rings is 1. The van der Waals surface area contributed by atoms with Crippen LogP contribution in [0.15, 0.2) is 36.1 Å². The van der Waals surface area contributed by atoms with Crippen LogP contribution in [0, 0.1) is 0 Å². The number of aryl methyl sites for hydroxylation is 1. The summed E-state index contributed by atoms with van der Waals surface area (Å²) in [6.07, 6.45) is 5.13. The molecule has 0 aliphatic carbocycles. The van der Waals surface area contributed by atoms with E-state index in [1.165, 1.54) is 0 Å². The van der Waals surface area contributed by atoms with Gasteiger partial charge in [-0.1, -0.05) is 6.07 Å². The maximum atomic E-state index is 12.3. The highest BCUT2D eigenvalue weighted by atomic mass is 32.1. The lowest BCUT2D eigenvalue weighted by atomic mass is 10.2. The van der Waals surface area contributed by atoms with Crippen LogP contribution >= 0.6 is 11.3 Å². The standard InChI is InChI=1S/C14H16N4O2S/c1-17-5-6-18-14(17)10(8-16-18)13(19)15-9-11(20-2)12-4-3-7-21-12/h3-8,11H,9H2,1-2H3,(H,15,19). The topological polar surface area (TPSA) is 60.6 Å². The van der Waals surface area contributed by atoms with Gasteiger partial charge < -0.3 is 14.6 Å². The Morgan fingerprint density at radius 3 is 3.10 bits per heavy atom. The number of fused-ring (bicyclic) bond motifs is 1. The monoisotopic (exact) mass is 304 g/mol. The van der Waals surface area contributed by atoms with E-state index < -0.39 is 0 Å². The van der Waals surface area contributed by atoms with E-state index in [0.29, 0.717) is 12.1 Å². The van der Waals surface area contributed by atoms with Crippen molar-refractivity contribution >= 4 is 22.9 Å². The molecule has 0 bridgehead atoms. The number of nitrogens with one attached hydrogen (secondary N) is 1. The third-order valence-electron chi connectivity index (χ3n) is 3.37. The second kappa shape index (κ2) is 5.71. The number of aromatic nitrogens is 3. The third-order valence-corrected chi connectivity index (χ3v) is 4.34. The van der Waals surface area contributed by atoms with Crippen LogP contribution in [0.3, 0.4) is 0 Å². The molecule has 0 radical (unpaired) electrons. The van der Waals surface area contributed by atoms with Crippen LogP contribution in [-0.4, -0.2) is 33.7 Å². The van der Waals surface area contributed by atoms with E-state index >= 15 is 0 Å². The number of ether oxygens (including phenoxy) is 1. The van der Waals surface area contributed by atoms with Gasteiger partial charge in [-0.25, -0.2) is 4.52 Å². The minimum atomic E-state index is -0.148. The van der Waals surface area contributed by atoms with Gasteiger partial charge in [0.1, 0.15) is 17.3 Å². The zero-order valence-corrected chi connectivity index (χ0v) is 12.6. The lowest BCUT2D eigenvalue weighted by molar-refractivity contribution is 0.0838. The Bertz CT molecular complexity index is 744. The highest BCUT2D eigenvalue weighted by Gasteiger charge is 2.18. The number of carbonyl (C=O) groups excluding carboxylic acids is 1. The van der Waals surface area contributed by atoms with Gasteiger partial charge in [0, 0.05) is 38.0 Å². The van der Waals surface area contributed by atoms with Crippen LogP contribution in [0.4, 0.5) is 0 Å². The van der Waals surface area contributed by atoms with Gasteiger partial charge in [-0.2, -0.15) is 5.10 Å². The molecule has 1 atom stereocenters. The first-order chi connectivity index (χ1) is 10.2. The van der Waals surface area contributed by atoms with E-state index in [1.54, 1.807) is 29.2 Å². The molecular formula is C14H16N4O2S. The summed E-state index contributed by atoms with van der Waals surface area (Å²) < 4.78 is 8.98. The number of thiophene rings is 1. The average molecular weight is 304 g/mol. The van der Waals surface area contributed by atoms with E-state index in [9.17, 15) is 4.79 Å². The van der Waals surface area contributed by atoms with Crippen molar-refractivity contribution < 1.29 is 9.53 Å². The average Bonchev–Trinajstić information content (AvgIpc) is 3.19. The molecule has 21 heavy (non-hydrogen) atoms. The van der Waals surface area contributed by atoms with Gasteiger partial charge in [0.2, 0.25) is 0 Å². The molecule has 3 rings (SSSR count). The van der Waals surface area contributed by atoms with E-state index in [1.807, 2.05) is 41.5 Å². The molecule has 0 saturated carbocycles. The minimum absolute atomic E-state index is 0.131. The first kappa shape index (κ1) is 13.8. The van der Waals surface area contributed by atoms with Crippen molar-refractivity contribution in [1.29, 1.82) is 0 Å². The number of nitrogens with zero attached hydrogens (tertiary/aromatic N) is 3. The molecule has 0 aliphatic heterocycles. The molecule has 3 aromatic rings. The summed E-state index contributed by atoms with van der Waals surface area (Å²) in [7, 11) is 3.53. The maximum Gasteiger partial charge on any atom is 0.256 e. The minimum Gasteiger partial charge on any atom is -0.374 e. The van der Waals surface area contributed by atoms with Gasteiger partial charge in [0.15, 0.2) is 0 Å².